The van der Waals surface area contributed by atoms with Gasteiger partial charge in [0.2, 0.25) is 12.3 Å². The molecule has 1 saturated carbocycles. The third-order valence-electron chi connectivity index (χ3n) is 9.29. The van der Waals surface area contributed by atoms with Gasteiger partial charge in [-0.15, -0.1) is 0 Å². The van der Waals surface area contributed by atoms with Crippen LogP contribution in [0.5, 0.6) is 0 Å². The summed E-state index contributed by atoms with van der Waals surface area (Å²) in [5.41, 5.74) is 9.59. The van der Waals surface area contributed by atoms with Gasteiger partial charge in [-0.1, -0.05) is 6.07 Å². The number of fused-ring (bicyclic) bond motifs is 1. The molecular weight excluding hydrogens is 617 g/mol. The lowest BCUT2D eigenvalue weighted by Gasteiger charge is -2.38. The number of anilines is 3. The van der Waals surface area contributed by atoms with Crippen LogP contribution >= 0.6 is 0 Å². The number of amides is 3. The molecule has 3 aromatic heterocycles. The highest BCUT2D eigenvalue weighted by Crippen LogP contribution is 2.39. The average Bonchev–Trinajstić information content (AvgIpc) is 3.89. The largest absolute Gasteiger partial charge is 0.382 e. The Balaban J connectivity index is 1.13. The number of nitrogen functional groups attached to an aromatic ring is 1. The molecule has 3 amide bonds. The second-order valence-electron chi connectivity index (χ2n) is 12.3. The summed E-state index contributed by atoms with van der Waals surface area (Å²) < 4.78 is 23.3. The molecular formula is C34H36FN9O4. The highest BCUT2D eigenvalue weighted by Gasteiger charge is 2.36. The second kappa shape index (κ2) is 13.0. The number of nitrogens with two attached hydrogens (primary N) is 1. The molecule has 13 nitrogen and oxygen atoms in total. The number of morpholine rings is 1. The molecule has 3 aliphatic rings. The van der Waals surface area contributed by atoms with Gasteiger partial charge in [-0.2, -0.15) is 5.10 Å². The van der Waals surface area contributed by atoms with Crippen LogP contribution in [0.2, 0.25) is 0 Å². The fraction of sp³-hybridized carbons (Fsp3) is 0.353. The molecule has 0 bridgehead atoms. The molecule has 48 heavy (non-hydrogen) atoms. The van der Waals surface area contributed by atoms with Crippen molar-refractivity contribution in [1.82, 2.24) is 29.5 Å². The zero-order valence-corrected chi connectivity index (χ0v) is 26.5. The van der Waals surface area contributed by atoms with E-state index in [0.29, 0.717) is 66.4 Å². The SMILES string of the molecule is C/C(C(=O)Nc1ccc(-c2cc(C3CCN(C(=O)C4CC4)CC3)n3ncnc(N)c23)c(F)c1)=C1/COCCN1N(C=O)c1ccccn1. The van der Waals surface area contributed by atoms with Gasteiger partial charge in [-0.25, -0.2) is 23.9 Å². The molecule has 3 fully saturated rings. The van der Waals surface area contributed by atoms with Gasteiger partial charge in [0, 0.05) is 59.2 Å². The van der Waals surface area contributed by atoms with Gasteiger partial charge in [0.25, 0.3) is 5.91 Å². The molecule has 0 spiro atoms. The lowest BCUT2D eigenvalue weighted by molar-refractivity contribution is -0.133. The van der Waals surface area contributed by atoms with Crippen molar-refractivity contribution >= 4 is 41.1 Å². The van der Waals surface area contributed by atoms with Crippen molar-refractivity contribution in [3.05, 3.63) is 77.8 Å². The van der Waals surface area contributed by atoms with Gasteiger partial charge in [0.1, 0.15) is 17.7 Å². The number of halogens is 1. The number of ether oxygens (including phenoxy) is 1. The number of hydrazine groups is 1. The Morgan fingerprint density at radius 2 is 1.88 bits per heavy atom. The number of hydrogen-bond donors (Lipinski definition) is 2. The van der Waals surface area contributed by atoms with E-state index in [9.17, 15) is 14.4 Å². The minimum atomic E-state index is -0.560. The number of pyridine rings is 1. The molecule has 0 unspecified atom stereocenters. The number of piperidine rings is 1. The van der Waals surface area contributed by atoms with Crippen molar-refractivity contribution in [3.63, 3.8) is 0 Å². The summed E-state index contributed by atoms with van der Waals surface area (Å²) in [4.78, 5) is 48.5. The van der Waals surface area contributed by atoms with E-state index < -0.39 is 11.7 Å². The van der Waals surface area contributed by atoms with Crippen LogP contribution in [0.25, 0.3) is 16.6 Å². The molecule has 0 radical (unpaired) electrons. The van der Waals surface area contributed by atoms with Crippen molar-refractivity contribution in [3.8, 4) is 11.1 Å². The topological polar surface area (TPSA) is 151 Å². The fourth-order valence-corrected chi connectivity index (χ4v) is 6.53. The molecule has 1 aliphatic carbocycles. The standard InChI is InChI=1S/C34H36FN9O4/c1-21(29-18-48-15-14-42(29)43(20-45)30-4-2-3-11-37-30)33(46)40-24-7-8-25(27(35)16-24)26-17-28(44-31(26)32(36)38-19-39-44)22-9-12-41(13-10-22)34(47)23-5-6-23/h2-4,7-8,11,16-17,19-20,22-23H,5-6,9-10,12-15,18H2,1H3,(H,40,46)(H2,36,38,39)/b29-21+. The monoisotopic (exact) mass is 653 g/mol. The van der Waals surface area contributed by atoms with Crippen LogP contribution in [0.1, 0.15) is 44.2 Å². The number of nitrogens with zero attached hydrogens (tertiary/aromatic N) is 7. The lowest BCUT2D eigenvalue weighted by atomic mass is 9.92. The minimum absolute atomic E-state index is 0.104. The van der Waals surface area contributed by atoms with E-state index >= 15 is 4.39 Å². The number of aromatic nitrogens is 4. The zero-order valence-electron chi connectivity index (χ0n) is 26.5. The van der Waals surface area contributed by atoms with Crippen molar-refractivity contribution < 1.29 is 23.5 Å². The molecule has 14 heteroatoms. The smallest absolute Gasteiger partial charge is 0.253 e. The molecule has 7 rings (SSSR count). The lowest BCUT2D eigenvalue weighted by Crippen LogP contribution is -2.48. The van der Waals surface area contributed by atoms with Gasteiger partial charge >= 0.3 is 0 Å². The minimum Gasteiger partial charge on any atom is -0.382 e. The first-order valence-electron chi connectivity index (χ1n) is 16.1. The first-order chi connectivity index (χ1) is 23.3. The second-order valence-corrected chi connectivity index (χ2v) is 12.3. The first kappa shape index (κ1) is 31.2. The molecule has 4 aromatic rings. The molecule has 0 atom stereocenters. The number of carbonyl (C=O) groups is 3. The Bertz CT molecular complexity index is 1900. The van der Waals surface area contributed by atoms with Crippen LogP contribution in [0.15, 0.2) is 66.3 Å². The summed E-state index contributed by atoms with van der Waals surface area (Å²) in [6.07, 6.45) is 7.10. The molecule has 2 aliphatic heterocycles. The highest BCUT2D eigenvalue weighted by atomic mass is 19.1. The number of benzene rings is 1. The van der Waals surface area contributed by atoms with Crippen LogP contribution in [0.4, 0.5) is 21.7 Å². The fourth-order valence-electron chi connectivity index (χ4n) is 6.53. The van der Waals surface area contributed by atoms with Crippen LogP contribution in [0.3, 0.4) is 0 Å². The van der Waals surface area contributed by atoms with Gasteiger partial charge in [0.05, 0.1) is 25.5 Å². The molecule has 1 aromatic carbocycles. The van der Waals surface area contributed by atoms with Crippen LogP contribution < -0.4 is 16.1 Å². The quantitative estimate of drug-likeness (QED) is 0.214. The maximum absolute atomic E-state index is 15.9. The van der Waals surface area contributed by atoms with E-state index in [0.717, 1.165) is 31.4 Å². The van der Waals surface area contributed by atoms with Crippen LogP contribution in [0, 0.1) is 11.7 Å². The van der Waals surface area contributed by atoms with E-state index in [1.807, 2.05) is 11.0 Å². The summed E-state index contributed by atoms with van der Waals surface area (Å²) in [7, 11) is 0. The van der Waals surface area contributed by atoms with E-state index in [4.69, 9.17) is 10.5 Å². The van der Waals surface area contributed by atoms with E-state index in [-0.39, 0.29) is 35.9 Å². The number of likely N-dealkylation sites (tertiary alicyclic amines) is 1. The molecule has 5 heterocycles. The first-order valence-corrected chi connectivity index (χ1v) is 16.1. The van der Waals surface area contributed by atoms with Crippen LogP contribution in [-0.2, 0) is 19.1 Å². The summed E-state index contributed by atoms with van der Waals surface area (Å²) in [6.45, 7) is 3.75. The van der Waals surface area contributed by atoms with Crippen molar-refractivity contribution in [2.45, 2.75) is 38.5 Å². The zero-order chi connectivity index (χ0) is 33.4. The van der Waals surface area contributed by atoms with E-state index in [1.165, 1.54) is 17.4 Å². The number of nitrogens with one attached hydrogen (secondary N) is 1. The average molecular weight is 654 g/mol. The third kappa shape index (κ3) is 5.94. The normalized spacial score (nSPS) is 18.1. The third-order valence-corrected chi connectivity index (χ3v) is 9.29. The van der Waals surface area contributed by atoms with Gasteiger partial charge in [0.15, 0.2) is 11.6 Å². The number of carbonyl (C=O) groups excluding carboxylic acids is 3. The summed E-state index contributed by atoms with van der Waals surface area (Å²) in [5.74, 6) is 0.138. The highest BCUT2D eigenvalue weighted by molar-refractivity contribution is 6.04. The summed E-state index contributed by atoms with van der Waals surface area (Å²) in [6, 6.07) is 11.6. The summed E-state index contributed by atoms with van der Waals surface area (Å²) in [5, 5.41) is 10.2. The van der Waals surface area contributed by atoms with E-state index in [1.54, 1.807) is 53.0 Å². The maximum Gasteiger partial charge on any atom is 0.253 e. The Labute approximate surface area is 276 Å². The maximum atomic E-state index is 15.9. The predicted molar refractivity (Wildman–Crippen MR) is 176 cm³/mol. The predicted octanol–water partition coefficient (Wildman–Crippen LogP) is 3.75. The Morgan fingerprint density at radius 1 is 1.06 bits per heavy atom. The van der Waals surface area contributed by atoms with Gasteiger partial charge in [-0.05, 0) is 69.0 Å². The number of hydrogen-bond acceptors (Lipinski definition) is 9. The van der Waals surface area contributed by atoms with Crippen molar-refractivity contribution in [2.24, 2.45) is 5.92 Å². The van der Waals surface area contributed by atoms with Crippen molar-refractivity contribution in [2.75, 3.05) is 48.9 Å². The Morgan fingerprint density at radius 3 is 2.58 bits per heavy atom. The Hall–Kier alpha value is -5.37. The van der Waals surface area contributed by atoms with Gasteiger partial charge in [-0.3, -0.25) is 19.4 Å². The van der Waals surface area contributed by atoms with Gasteiger partial charge < -0.3 is 20.7 Å². The molecule has 3 N–H and O–H groups in total. The Kier molecular flexibility index (Phi) is 8.48. The van der Waals surface area contributed by atoms with Crippen molar-refractivity contribution in [1.29, 1.82) is 0 Å². The molecule has 2 saturated heterocycles. The molecule has 248 valence electrons. The van der Waals surface area contributed by atoms with Crippen LogP contribution in [-0.4, -0.2) is 80.6 Å². The van der Waals surface area contributed by atoms with E-state index in [2.05, 4.69) is 20.4 Å². The number of rotatable bonds is 8. The summed E-state index contributed by atoms with van der Waals surface area (Å²) >= 11 is 0.